The van der Waals surface area contributed by atoms with Crippen molar-refractivity contribution in [1.82, 2.24) is 4.37 Å². The normalized spacial score (nSPS) is 10.7. The Bertz CT molecular complexity index is 525. The highest BCUT2D eigenvalue weighted by Crippen LogP contribution is 2.28. The lowest BCUT2D eigenvalue weighted by Gasteiger charge is -1.94. The summed E-state index contributed by atoms with van der Waals surface area (Å²) in [5, 5.41) is 9.08. The van der Waals surface area contributed by atoms with Gasteiger partial charge in [0.05, 0.1) is 9.17 Å². The van der Waals surface area contributed by atoms with Gasteiger partial charge in [0.25, 0.3) is 0 Å². The van der Waals surface area contributed by atoms with E-state index in [2.05, 4.69) is 20.3 Å². The number of fused-ring (bicyclic) bond motifs is 1. The molecule has 0 spiro atoms. The van der Waals surface area contributed by atoms with Crippen LogP contribution in [0.1, 0.15) is 10.5 Å². The molecule has 2 aromatic rings. The molecule has 1 heterocycles. The molecular weight excluding hydrogens is 273 g/mol. The summed E-state index contributed by atoms with van der Waals surface area (Å²) in [5.74, 6) is -1.63. The summed E-state index contributed by atoms with van der Waals surface area (Å²) in [4.78, 5) is 10.7. The van der Waals surface area contributed by atoms with Gasteiger partial charge in [0.1, 0.15) is 5.82 Å². The number of carboxylic acid groups (broad SMARTS) is 1. The van der Waals surface area contributed by atoms with Gasteiger partial charge in [-0.05, 0) is 39.6 Å². The zero-order valence-electron chi connectivity index (χ0n) is 6.62. The highest BCUT2D eigenvalue weighted by molar-refractivity contribution is 9.10. The van der Waals surface area contributed by atoms with Crippen LogP contribution in [0.15, 0.2) is 16.6 Å². The van der Waals surface area contributed by atoms with Crippen molar-refractivity contribution in [3.05, 3.63) is 28.1 Å². The first-order chi connectivity index (χ1) is 6.59. The number of rotatable bonds is 1. The topological polar surface area (TPSA) is 50.2 Å². The molecule has 0 aliphatic carbocycles. The molecule has 0 aliphatic rings. The molecule has 0 saturated heterocycles. The van der Waals surface area contributed by atoms with Crippen LogP contribution >= 0.6 is 27.5 Å². The highest BCUT2D eigenvalue weighted by Gasteiger charge is 2.14. The predicted molar refractivity (Wildman–Crippen MR) is 54.2 cm³/mol. The maximum Gasteiger partial charge on any atom is 0.356 e. The number of nitrogens with zero attached hydrogens (tertiary/aromatic N) is 1. The fraction of sp³-hybridized carbons (Fsp3) is 0. The second kappa shape index (κ2) is 3.29. The lowest BCUT2D eigenvalue weighted by atomic mass is 10.2. The monoisotopic (exact) mass is 275 g/mol. The average Bonchev–Trinajstić information content (AvgIpc) is 2.48. The minimum absolute atomic E-state index is 0.101. The van der Waals surface area contributed by atoms with Crippen LogP contribution in [0.25, 0.3) is 10.1 Å². The van der Waals surface area contributed by atoms with Crippen molar-refractivity contribution in [2.75, 3.05) is 0 Å². The Balaban J connectivity index is 2.80. The molecule has 1 N–H and O–H groups in total. The van der Waals surface area contributed by atoms with E-state index >= 15 is 0 Å². The van der Waals surface area contributed by atoms with E-state index in [0.29, 0.717) is 14.6 Å². The summed E-state index contributed by atoms with van der Waals surface area (Å²) in [7, 11) is 0. The predicted octanol–water partition coefficient (Wildman–Crippen LogP) is 2.90. The molecule has 14 heavy (non-hydrogen) atoms. The van der Waals surface area contributed by atoms with E-state index in [0.717, 1.165) is 11.5 Å². The Morgan fingerprint density at radius 1 is 1.57 bits per heavy atom. The molecule has 2 rings (SSSR count). The summed E-state index contributed by atoms with van der Waals surface area (Å²) >= 11 is 4.06. The van der Waals surface area contributed by atoms with Crippen molar-refractivity contribution < 1.29 is 14.3 Å². The molecule has 0 aliphatic heterocycles. The van der Waals surface area contributed by atoms with Crippen LogP contribution in [0.5, 0.6) is 0 Å². The fourth-order valence-corrected chi connectivity index (χ4v) is 2.37. The van der Waals surface area contributed by atoms with Gasteiger partial charge in [0, 0.05) is 5.39 Å². The van der Waals surface area contributed by atoms with Crippen LogP contribution < -0.4 is 0 Å². The molecule has 0 fully saturated rings. The van der Waals surface area contributed by atoms with E-state index in [1.54, 1.807) is 0 Å². The smallest absolute Gasteiger partial charge is 0.356 e. The van der Waals surface area contributed by atoms with Crippen LogP contribution in [0.2, 0.25) is 0 Å². The van der Waals surface area contributed by atoms with Gasteiger partial charge in [-0.3, -0.25) is 0 Å². The van der Waals surface area contributed by atoms with E-state index in [-0.39, 0.29) is 5.69 Å². The number of carbonyl (C=O) groups is 1. The Morgan fingerprint density at radius 3 is 2.93 bits per heavy atom. The number of hydrogen-bond acceptors (Lipinski definition) is 3. The van der Waals surface area contributed by atoms with Crippen molar-refractivity contribution in [3.63, 3.8) is 0 Å². The number of hydrogen-bond donors (Lipinski definition) is 1. The highest BCUT2D eigenvalue weighted by atomic mass is 79.9. The molecular formula is C8H3BrFNO2S. The Morgan fingerprint density at radius 2 is 2.29 bits per heavy atom. The maximum absolute atomic E-state index is 13.1. The van der Waals surface area contributed by atoms with Gasteiger partial charge in [-0.2, -0.15) is 4.37 Å². The van der Waals surface area contributed by atoms with Crippen LogP contribution in [0.3, 0.4) is 0 Å². The summed E-state index contributed by atoms with van der Waals surface area (Å²) in [6.45, 7) is 0. The second-order valence-electron chi connectivity index (χ2n) is 2.60. The van der Waals surface area contributed by atoms with Gasteiger partial charge in [-0.15, -0.1) is 0 Å². The van der Waals surface area contributed by atoms with E-state index in [1.165, 1.54) is 12.1 Å². The summed E-state index contributed by atoms with van der Waals surface area (Å²) in [6, 6.07) is 2.70. The van der Waals surface area contributed by atoms with Crippen LogP contribution in [0, 0.1) is 5.82 Å². The zero-order chi connectivity index (χ0) is 10.3. The number of benzene rings is 1. The van der Waals surface area contributed by atoms with Crippen LogP contribution in [-0.2, 0) is 0 Å². The molecule has 72 valence electrons. The first-order valence-corrected chi connectivity index (χ1v) is 5.14. The maximum atomic E-state index is 13.1. The number of carboxylic acids is 1. The Kier molecular flexibility index (Phi) is 2.24. The van der Waals surface area contributed by atoms with Crippen molar-refractivity contribution in [2.24, 2.45) is 0 Å². The molecule has 0 amide bonds. The van der Waals surface area contributed by atoms with Gasteiger partial charge in [-0.1, -0.05) is 0 Å². The molecule has 0 saturated carbocycles. The minimum Gasteiger partial charge on any atom is -0.476 e. The SMILES string of the molecule is O=C(O)c1nsc2cc(Br)c(F)cc12. The van der Waals surface area contributed by atoms with Crippen molar-refractivity contribution in [3.8, 4) is 0 Å². The Hall–Kier alpha value is -1.01. The molecule has 0 bridgehead atoms. The quantitative estimate of drug-likeness (QED) is 0.871. The summed E-state index contributed by atoms with van der Waals surface area (Å²) in [5.41, 5.74) is -0.101. The van der Waals surface area contributed by atoms with Crippen molar-refractivity contribution >= 4 is 43.5 Å². The summed E-state index contributed by atoms with van der Waals surface area (Å²) in [6.07, 6.45) is 0. The number of halogens is 2. The number of aromatic nitrogens is 1. The van der Waals surface area contributed by atoms with E-state index in [1.807, 2.05) is 0 Å². The van der Waals surface area contributed by atoms with Gasteiger partial charge in [0.2, 0.25) is 0 Å². The molecule has 1 aromatic carbocycles. The third-order valence-electron chi connectivity index (χ3n) is 1.72. The van der Waals surface area contributed by atoms with Crippen LogP contribution in [0.4, 0.5) is 4.39 Å². The molecule has 0 unspecified atom stereocenters. The minimum atomic E-state index is -1.14. The standard InChI is InChI=1S/C8H3BrFNO2S/c9-4-2-6-3(1-5(4)10)7(8(12)13)11-14-6/h1-2H,(H,12,13). The first-order valence-electron chi connectivity index (χ1n) is 3.57. The largest absolute Gasteiger partial charge is 0.476 e. The van der Waals surface area contributed by atoms with Crippen LogP contribution in [-0.4, -0.2) is 15.4 Å². The summed E-state index contributed by atoms with van der Waals surface area (Å²) < 4.78 is 17.8. The molecule has 0 radical (unpaired) electrons. The third kappa shape index (κ3) is 1.40. The molecule has 6 heteroatoms. The van der Waals surface area contributed by atoms with E-state index in [4.69, 9.17) is 5.11 Å². The van der Waals surface area contributed by atoms with Gasteiger partial charge in [-0.25, -0.2) is 9.18 Å². The third-order valence-corrected chi connectivity index (χ3v) is 3.13. The zero-order valence-corrected chi connectivity index (χ0v) is 9.02. The lowest BCUT2D eigenvalue weighted by molar-refractivity contribution is 0.0694. The Labute approximate surface area is 90.5 Å². The van der Waals surface area contributed by atoms with Crippen molar-refractivity contribution in [2.45, 2.75) is 0 Å². The fourth-order valence-electron chi connectivity index (χ4n) is 1.09. The number of aromatic carboxylic acids is 1. The van der Waals surface area contributed by atoms with Gasteiger partial charge in [0.15, 0.2) is 5.69 Å². The lowest BCUT2D eigenvalue weighted by Crippen LogP contribution is -1.96. The van der Waals surface area contributed by atoms with E-state index in [9.17, 15) is 9.18 Å². The molecule has 1 aromatic heterocycles. The first kappa shape index (κ1) is 9.54. The van der Waals surface area contributed by atoms with E-state index < -0.39 is 11.8 Å². The van der Waals surface area contributed by atoms with Gasteiger partial charge < -0.3 is 5.11 Å². The second-order valence-corrected chi connectivity index (χ2v) is 4.26. The molecule has 0 atom stereocenters. The van der Waals surface area contributed by atoms with Gasteiger partial charge >= 0.3 is 5.97 Å². The molecule has 3 nitrogen and oxygen atoms in total. The van der Waals surface area contributed by atoms with Crippen molar-refractivity contribution in [1.29, 1.82) is 0 Å². The average molecular weight is 276 g/mol.